The minimum absolute atomic E-state index is 0.624. The zero-order valence-electron chi connectivity index (χ0n) is 8.00. The number of hydrogen-bond acceptors (Lipinski definition) is 2. The van der Waals surface area contributed by atoms with Crippen molar-refractivity contribution in [1.29, 1.82) is 0 Å². The lowest BCUT2D eigenvalue weighted by atomic mass is 10.3. The third-order valence-corrected chi connectivity index (χ3v) is 2.76. The molecule has 74 valence electrons. The fourth-order valence-corrected chi connectivity index (χ4v) is 2.05. The molecule has 0 aromatic carbocycles. The molecule has 14 heavy (non-hydrogen) atoms. The SMILES string of the molecule is Cc1ccc2c(Br)nc(CCN)n2c1. The molecule has 0 radical (unpaired) electrons. The van der Waals surface area contributed by atoms with Crippen LogP contribution in [0.5, 0.6) is 0 Å². The fraction of sp³-hybridized carbons (Fsp3) is 0.300. The van der Waals surface area contributed by atoms with Gasteiger partial charge in [0, 0.05) is 12.6 Å². The number of hydrogen-bond donors (Lipinski definition) is 1. The molecule has 0 fully saturated rings. The largest absolute Gasteiger partial charge is 0.330 e. The lowest BCUT2D eigenvalue weighted by Gasteiger charge is -2.00. The number of aryl methyl sites for hydroxylation is 1. The maximum atomic E-state index is 5.53. The predicted molar refractivity (Wildman–Crippen MR) is 60.4 cm³/mol. The van der Waals surface area contributed by atoms with Crippen molar-refractivity contribution in [2.45, 2.75) is 13.3 Å². The van der Waals surface area contributed by atoms with Gasteiger partial charge >= 0.3 is 0 Å². The average Bonchev–Trinajstić information content (AvgIpc) is 2.44. The van der Waals surface area contributed by atoms with E-state index in [0.29, 0.717) is 6.54 Å². The molecular formula is C10H12BrN3. The van der Waals surface area contributed by atoms with Gasteiger partial charge in [0.2, 0.25) is 0 Å². The minimum Gasteiger partial charge on any atom is -0.330 e. The normalized spacial score (nSPS) is 11.1. The molecule has 0 aliphatic carbocycles. The summed E-state index contributed by atoms with van der Waals surface area (Å²) in [6.07, 6.45) is 2.88. The van der Waals surface area contributed by atoms with E-state index in [2.05, 4.69) is 50.6 Å². The summed E-state index contributed by atoms with van der Waals surface area (Å²) in [5, 5.41) is 0. The van der Waals surface area contributed by atoms with Gasteiger partial charge in [0.05, 0.1) is 5.52 Å². The van der Waals surface area contributed by atoms with E-state index in [1.54, 1.807) is 0 Å². The molecule has 0 saturated carbocycles. The number of imidazole rings is 1. The van der Waals surface area contributed by atoms with Gasteiger partial charge < -0.3 is 10.1 Å². The summed E-state index contributed by atoms with van der Waals surface area (Å²) in [7, 11) is 0. The van der Waals surface area contributed by atoms with Crippen LogP contribution in [0.25, 0.3) is 5.52 Å². The summed E-state index contributed by atoms with van der Waals surface area (Å²) < 4.78 is 2.98. The van der Waals surface area contributed by atoms with Gasteiger partial charge in [-0.05, 0) is 41.0 Å². The first-order valence-corrected chi connectivity index (χ1v) is 5.35. The van der Waals surface area contributed by atoms with E-state index in [4.69, 9.17) is 5.73 Å². The first kappa shape index (κ1) is 9.68. The smallest absolute Gasteiger partial charge is 0.132 e. The van der Waals surface area contributed by atoms with Crippen molar-refractivity contribution in [1.82, 2.24) is 9.38 Å². The number of aromatic nitrogens is 2. The van der Waals surface area contributed by atoms with Crippen molar-refractivity contribution < 1.29 is 0 Å². The summed E-state index contributed by atoms with van der Waals surface area (Å²) in [5.74, 6) is 1.01. The number of pyridine rings is 1. The third kappa shape index (κ3) is 1.55. The van der Waals surface area contributed by atoms with E-state index in [1.165, 1.54) is 5.56 Å². The van der Waals surface area contributed by atoms with Crippen molar-refractivity contribution in [2.24, 2.45) is 5.73 Å². The molecule has 2 heterocycles. The molecule has 0 atom stereocenters. The molecule has 0 bridgehead atoms. The molecule has 0 unspecified atom stereocenters. The van der Waals surface area contributed by atoms with E-state index < -0.39 is 0 Å². The Hall–Kier alpha value is -0.870. The Kier molecular flexibility index (Phi) is 2.56. The maximum Gasteiger partial charge on any atom is 0.132 e. The second-order valence-corrected chi connectivity index (χ2v) is 4.07. The molecule has 0 aliphatic rings. The van der Waals surface area contributed by atoms with Gasteiger partial charge in [-0.25, -0.2) is 4.98 Å². The van der Waals surface area contributed by atoms with Gasteiger partial charge in [-0.2, -0.15) is 0 Å². The molecule has 2 aromatic heterocycles. The van der Waals surface area contributed by atoms with Crippen LogP contribution in [0.2, 0.25) is 0 Å². The van der Waals surface area contributed by atoms with E-state index in [0.717, 1.165) is 22.4 Å². The van der Waals surface area contributed by atoms with Crippen molar-refractivity contribution in [2.75, 3.05) is 6.54 Å². The summed E-state index contributed by atoms with van der Waals surface area (Å²) in [6.45, 7) is 2.69. The van der Waals surface area contributed by atoms with Crippen molar-refractivity contribution in [3.05, 3.63) is 34.3 Å². The second-order valence-electron chi connectivity index (χ2n) is 3.32. The molecule has 4 heteroatoms. The second kappa shape index (κ2) is 3.71. The van der Waals surface area contributed by atoms with Crippen LogP contribution < -0.4 is 5.73 Å². The minimum atomic E-state index is 0.624. The average molecular weight is 254 g/mol. The molecule has 2 rings (SSSR count). The van der Waals surface area contributed by atoms with Crippen LogP contribution in [0.1, 0.15) is 11.4 Å². The van der Waals surface area contributed by atoms with E-state index in [-0.39, 0.29) is 0 Å². The summed E-state index contributed by atoms with van der Waals surface area (Å²) in [4.78, 5) is 4.42. The Bertz CT molecular complexity index is 462. The number of halogens is 1. The molecule has 3 nitrogen and oxygen atoms in total. The Balaban J connectivity index is 2.66. The van der Waals surface area contributed by atoms with Crippen LogP contribution in [0, 0.1) is 6.92 Å². The fourth-order valence-electron chi connectivity index (χ4n) is 1.52. The Morgan fingerprint density at radius 3 is 3.00 bits per heavy atom. The number of nitrogens with zero attached hydrogens (tertiary/aromatic N) is 2. The quantitative estimate of drug-likeness (QED) is 0.889. The van der Waals surface area contributed by atoms with Gasteiger partial charge in [-0.15, -0.1) is 0 Å². The highest BCUT2D eigenvalue weighted by Crippen LogP contribution is 2.19. The number of fused-ring (bicyclic) bond motifs is 1. The Morgan fingerprint density at radius 1 is 1.50 bits per heavy atom. The van der Waals surface area contributed by atoms with Gasteiger partial charge in [-0.3, -0.25) is 0 Å². The van der Waals surface area contributed by atoms with Crippen LogP contribution in [-0.2, 0) is 6.42 Å². The van der Waals surface area contributed by atoms with Crippen LogP contribution in [0.15, 0.2) is 22.9 Å². The highest BCUT2D eigenvalue weighted by molar-refractivity contribution is 9.10. The van der Waals surface area contributed by atoms with Gasteiger partial charge in [0.25, 0.3) is 0 Å². The number of nitrogens with two attached hydrogens (primary N) is 1. The molecule has 0 saturated heterocycles. The Morgan fingerprint density at radius 2 is 2.29 bits per heavy atom. The molecule has 2 N–H and O–H groups in total. The van der Waals surface area contributed by atoms with E-state index in [9.17, 15) is 0 Å². The monoisotopic (exact) mass is 253 g/mol. The summed E-state index contributed by atoms with van der Waals surface area (Å²) >= 11 is 3.44. The van der Waals surface area contributed by atoms with Crippen LogP contribution in [0.4, 0.5) is 0 Å². The van der Waals surface area contributed by atoms with Crippen molar-refractivity contribution >= 4 is 21.4 Å². The zero-order valence-corrected chi connectivity index (χ0v) is 9.58. The van der Waals surface area contributed by atoms with Crippen molar-refractivity contribution in [3.63, 3.8) is 0 Å². The first-order valence-electron chi connectivity index (χ1n) is 4.55. The topological polar surface area (TPSA) is 43.3 Å². The maximum absolute atomic E-state index is 5.53. The third-order valence-electron chi connectivity index (χ3n) is 2.18. The van der Waals surface area contributed by atoms with Crippen LogP contribution in [0.3, 0.4) is 0 Å². The molecule has 2 aromatic rings. The molecule has 0 spiro atoms. The standard InChI is InChI=1S/C10H12BrN3/c1-7-2-3-8-10(11)13-9(4-5-12)14(8)6-7/h2-3,6H,4-5,12H2,1H3. The highest BCUT2D eigenvalue weighted by atomic mass is 79.9. The highest BCUT2D eigenvalue weighted by Gasteiger charge is 2.07. The first-order chi connectivity index (χ1) is 6.72. The molecule has 0 aliphatic heterocycles. The lowest BCUT2D eigenvalue weighted by Crippen LogP contribution is -2.06. The summed E-state index contributed by atoms with van der Waals surface area (Å²) in [6, 6.07) is 4.14. The van der Waals surface area contributed by atoms with Crippen LogP contribution in [-0.4, -0.2) is 15.9 Å². The van der Waals surface area contributed by atoms with Crippen molar-refractivity contribution in [3.8, 4) is 0 Å². The summed E-state index contributed by atoms with van der Waals surface area (Å²) in [5.41, 5.74) is 7.85. The number of rotatable bonds is 2. The van der Waals surface area contributed by atoms with Gasteiger partial charge in [0.1, 0.15) is 10.4 Å². The van der Waals surface area contributed by atoms with E-state index in [1.807, 2.05) is 0 Å². The zero-order chi connectivity index (χ0) is 10.1. The molecule has 0 amide bonds. The lowest BCUT2D eigenvalue weighted by molar-refractivity contribution is 0.859. The predicted octanol–water partition coefficient (Wildman–Crippen LogP) is 1.91. The van der Waals surface area contributed by atoms with Gasteiger partial charge in [-0.1, -0.05) is 6.07 Å². The van der Waals surface area contributed by atoms with E-state index >= 15 is 0 Å². The van der Waals surface area contributed by atoms with Crippen LogP contribution >= 0.6 is 15.9 Å². The van der Waals surface area contributed by atoms with Gasteiger partial charge in [0.15, 0.2) is 0 Å². The Labute approximate surface area is 91.1 Å². The molecular weight excluding hydrogens is 242 g/mol.